The monoisotopic (exact) mass is 242 g/mol. The zero-order valence-electron chi connectivity index (χ0n) is 8.88. The van der Waals surface area contributed by atoms with Crippen molar-refractivity contribution in [3.8, 4) is 11.3 Å². The number of alkyl halides is 2. The Morgan fingerprint density at radius 2 is 2.00 bits per heavy atom. The Morgan fingerprint density at radius 3 is 2.47 bits per heavy atom. The first-order chi connectivity index (χ1) is 7.99. The van der Waals surface area contributed by atoms with Gasteiger partial charge in [-0.15, -0.1) is 0 Å². The summed E-state index contributed by atoms with van der Waals surface area (Å²) in [7, 11) is 0. The SMILES string of the molecule is Cc1cc(-c2cc(N)no2)cc(F)c1C(F)F. The van der Waals surface area contributed by atoms with Crippen LogP contribution in [0.2, 0.25) is 0 Å². The molecule has 1 aromatic carbocycles. The third-order valence-corrected chi connectivity index (χ3v) is 2.37. The van der Waals surface area contributed by atoms with Gasteiger partial charge in [-0.3, -0.25) is 0 Å². The van der Waals surface area contributed by atoms with E-state index in [1.54, 1.807) is 0 Å². The van der Waals surface area contributed by atoms with Crippen molar-refractivity contribution in [2.75, 3.05) is 5.73 Å². The molecule has 0 amide bonds. The fraction of sp³-hybridized carbons (Fsp3) is 0.182. The molecule has 17 heavy (non-hydrogen) atoms. The van der Waals surface area contributed by atoms with E-state index in [2.05, 4.69) is 5.16 Å². The Hall–Kier alpha value is -1.98. The number of anilines is 1. The van der Waals surface area contributed by atoms with Crippen molar-refractivity contribution in [3.63, 3.8) is 0 Å². The maximum atomic E-state index is 13.5. The lowest BCUT2D eigenvalue weighted by Gasteiger charge is -2.07. The lowest BCUT2D eigenvalue weighted by atomic mass is 10.0. The van der Waals surface area contributed by atoms with Crippen LogP contribution in [0, 0.1) is 12.7 Å². The van der Waals surface area contributed by atoms with Crippen LogP contribution in [0.4, 0.5) is 19.0 Å². The lowest BCUT2D eigenvalue weighted by molar-refractivity contribution is 0.145. The predicted octanol–water partition coefficient (Wildman–Crippen LogP) is 3.31. The maximum Gasteiger partial charge on any atom is 0.266 e. The van der Waals surface area contributed by atoms with Crippen molar-refractivity contribution < 1.29 is 17.7 Å². The molecule has 1 heterocycles. The van der Waals surface area contributed by atoms with E-state index in [9.17, 15) is 13.2 Å². The normalized spacial score (nSPS) is 11.1. The largest absolute Gasteiger partial charge is 0.381 e. The number of rotatable bonds is 2. The summed E-state index contributed by atoms with van der Waals surface area (Å²) in [4.78, 5) is 0. The quantitative estimate of drug-likeness (QED) is 0.878. The van der Waals surface area contributed by atoms with Crippen LogP contribution in [-0.2, 0) is 0 Å². The summed E-state index contributed by atoms with van der Waals surface area (Å²) >= 11 is 0. The highest BCUT2D eigenvalue weighted by Gasteiger charge is 2.18. The lowest BCUT2D eigenvalue weighted by Crippen LogP contribution is -1.96. The number of aryl methyl sites for hydroxylation is 1. The van der Waals surface area contributed by atoms with E-state index in [-0.39, 0.29) is 17.1 Å². The molecule has 0 atom stereocenters. The summed E-state index contributed by atoms with van der Waals surface area (Å²) in [6, 6.07) is 3.79. The van der Waals surface area contributed by atoms with Crippen LogP contribution in [0.1, 0.15) is 17.6 Å². The first kappa shape index (κ1) is 11.5. The highest BCUT2D eigenvalue weighted by molar-refractivity contribution is 5.62. The van der Waals surface area contributed by atoms with Gasteiger partial charge in [0.25, 0.3) is 6.43 Å². The summed E-state index contributed by atoms with van der Waals surface area (Å²) < 4.78 is 43.4. The van der Waals surface area contributed by atoms with E-state index < -0.39 is 17.8 Å². The molecule has 0 radical (unpaired) electrons. The van der Waals surface area contributed by atoms with Gasteiger partial charge in [0, 0.05) is 11.6 Å². The van der Waals surface area contributed by atoms with Gasteiger partial charge in [-0.25, -0.2) is 13.2 Å². The minimum atomic E-state index is -2.84. The van der Waals surface area contributed by atoms with E-state index in [1.807, 2.05) is 0 Å². The van der Waals surface area contributed by atoms with Gasteiger partial charge in [0.05, 0.1) is 5.56 Å². The molecule has 3 nitrogen and oxygen atoms in total. The average molecular weight is 242 g/mol. The van der Waals surface area contributed by atoms with Crippen molar-refractivity contribution in [1.82, 2.24) is 5.16 Å². The average Bonchev–Trinajstić information content (AvgIpc) is 2.63. The Kier molecular flexibility index (Phi) is 2.79. The molecule has 0 aliphatic rings. The molecule has 0 saturated heterocycles. The highest BCUT2D eigenvalue weighted by atomic mass is 19.3. The van der Waals surface area contributed by atoms with E-state index >= 15 is 0 Å². The molecule has 0 bridgehead atoms. The second-order valence-electron chi connectivity index (χ2n) is 3.61. The standard InChI is InChI=1S/C11H9F3N2O/c1-5-2-6(8-4-9(15)16-17-8)3-7(12)10(5)11(13)14/h2-4,11H,1H3,(H2,15,16). The third kappa shape index (κ3) is 2.11. The topological polar surface area (TPSA) is 52.0 Å². The zero-order valence-corrected chi connectivity index (χ0v) is 8.88. The van der Waals surface area contributed by atoms with Crippen LogP contribution in [0.15, 0.2) is 22.7 Å². The number of nitrogens with zero attached hydrogens (tertiary/aromatic N) is 1. The summed E-state index contributed by atoms with van der Waals surface area (Å²) in [6.07, 6.45) is -2.84. The van der Waals surface area contributed by atoms with Gasteiger partial charge in [0.2, 0.25) is 0 Å². The summed E-state index contributed by atoms with van der Waals surface area (Å²) in [5.74, 6) is -0.578. The van der Waals surface area contributed by atoms with Crippen LogP contribution in [-0.4, -0.2) is 5.16 Å². The van der Waals surface area contributed by atoms with Gasteiger partial charge in [-0.1, -0.05) is 5.16 Å². The number of hydrogen-bond donors (Lipinski definition) is 1. The fourth-order valence-electron chi connectivity index (χ4n) is 1.60. The second-order valence-corrected chi connectivity index (χ2v) is 3.61. The van der Waals surface area contributed by atoms with Gasteiger partial charge in [0.1, 0.15) is 5.82 Å². The predicted molar refractivity (Wildman–Crippen MR) is 56.0 cm³/mol. The van der Waals surface area contributed by atoms with Crippen molar-refractivity contribution in [1.29, 1.82) is 0 Å². The first-order valence-corrected chi connectivity index (χ1v) is 4.80. The Balaban J connectivity index is 2.52. The van der Waals surface area contributed by atoms with Crippen LogP contribution in [0.5, 0.6) is 0 Å². The van der Waals surface area contributed by atoms with Gasteiger partial charge >= 0.3 is 0 Å². The van der Waals surface area contributed by atoms with Gasteiger partial charge in [-0.2, -0.15) is 0 Å². The Bertz CT molecular complexity index is 528. The smallest absolute Gasteiger partial charge is 0.266 e. The molecular formula is C11H9F3N2O. The molecule has 90 valence electrons. The van der Waals surface area contributed by atoms with Crippen molar-refractivity contribution in [3.05, 3.63) is 35.1 Å². The molecule has 2 aromatic rings. The molecule has 2 N–H and O–H groups in total. The van der Waals surface area contributed by atoms with Crippen molar-refractivity contribution in [2.45, 2.75) is 13.3 Å². The molecule has 0 saturated carbocycles. The number of aromatic nitrogens is 1. The summed E-state index contributed by atoms with van der Waals surface area (Å²) in [5, 5.41) is 3.44. The van der Waals surface area contributed by atoms with E-state index in [0.29, 0.717) is 5.56 Å². The summed E-state index contributed by atoms with van der Waals surface area (Å²) in [6.45, 7) is 1.41. The molecule has 0 aliphatic heterocycles. The third-order valence-electron chi connectivity index (χ3n) is 2.37. The van der Waals surface area contributed by atoms with E-state index in [0.717, 1.165) is 6.07 Å². The molecular weight excluding hydrogens is 233 g/mol. The van der Waals surface area contributed by atoms with Crippen molar-refractivity contribution >= 4 is 5.82 Å². The van der Waals surface area contributed by atoms with Gasteiger partial charge in [0.15, 0.2) is 11.6 Å². The molecule has 0 unspecified atom stereocenters. The van der Waals surface area contributed by atoms with Gasteiger partial charge in [-0.05, 0) is 24.6 Å². The number of nitrogens with two attached hydrogens (primary N) is 1. The summed E-state index contributed by atoms with van der Waals surface area (Å²) in [5.41, 5.74) is 5.24. The number of halogens is 3. The van der Waals surface area contributed by atoms with Crippen molar-refractivity contribution in [2.24, 2.45) is 0 Å². The maximum absolute atomic E-state index is 13.5. The molecule has 2 rings (SSSR count). The number of hydrogen-bond acceptors (Lipinski definition) is 3. The number of nitrogen functional groups attached to an aromatic ring is 1. The fourth-order valence-corrected chi connectivity index (χ4v) is 1.60. The van der Waals surface area contributed by atoms with Crippen LogP contribution >= 0.6 is 0 Å². The Morgan fingerprint density at radius 1 is 1.29 bits per heavy atom. The Labute approximate surface area is 95.0 Å². The van der Waals surface area contributed by atoms with E-state index in [4.69, 9.17) is 10.3 Å². The van der Waals surface area contributed by atoms with Crippen LogP contribution in [0.3, 0.4) is 0 Å². The van der Waals surface area contributed by atoms with E-state index in [1.165, 1.54) is 19.1 Å². The van der Waals surface area contributed by atoms with Crippen LogP contribution in [0.25, 0.3) is 11.3 Å². The van der Waals surface area contributed by atoms with Gasteiger partial charge < -0.3 is 10.3 Å². The van der Waals surface area contributed by atoms with Crippen LogP contribution < -0.4 is 5.73 Å². The second kappa shape index (κ2) is 4.12. The number of benzene rings is 1. The minimum Gasteiger partial charge on any atom is -0.381 e. The highest BCUT2D eigenvalue weighted by Crippen LogP contribution is 2.31. The zero-order chi connectivity index (χ0) is 12.6. The molecule has 0 spiro atoms. The molecule has 0 fully saturated rings. The molecule has 1 aromatic heterocycles. The first-order valence-electron chi connectivity index (χ1n) is 4.80. The molecule has 6 heteroatoms. The minimum absolute atomic E-state index is 0.149. The molecule has 0 aliphatic carbocycles.